The van der Waals surface area contributed by atoms with Gasteiger partial charge in [0.2, 0.25) is 0 Å². The summed E-state index contributed by atoms with van der Waals surface area (Å²) in [5.41, 5.74) is 0.223. The number of thiazole rings is 1. The van der Waals surface area contributed by atoms with E-state index in [1.165, 1.54) is 16.7 Å². The molecule has 1 rings (SSSR count). The van der Waals surface area contributed by atoms with Crippen molar-refractivity contribution in [2.45, 2.75) is 31.7 Å². The van der Waals surface area contributed by atoms with Crippen LogP contribution in [0, 0.1) is 12.8 Å². The van der Waals surface area contributed by atoms with E-state index >= 15 is 0 Å². The van der Waals surface area contributed by atoms with Gasteiger partial charge >= 0.3 is 12.4 Å². The van der Waals surface area contributed by atoms with Crippen molar-refractivity contribution in [2.75, 3.05) is 7.05 Å². The average Bonchev–Trinajstić information content (AvgIpc) is 2.58. The summed E-state index contributed by atoms with van der Waals surface area (Å²) in [5, 5.41) is 4.16. The molecule has 9 heteroatoms. The number of aryl methyl sites for hydroxylation is 1. The normalized spacial score (nSPS) is 15.0. The summed E-state index contributed by atoms with van der Waals surface area (Å²) in [5.74, 6) is -3.41. The van der Waals surface area contributed by atoms with Gasteiger partial charge in [0, 0.05) is 17.8 Å². The molecule has 2 nitrogen and oxygen atoms in total. The monoisotopic (exact) mass is 306 g/mol. The molecule has 1 aromatic rings. The van der Waals surface area contributed by atoms with E-state index in [4.69, 9.17) is 0 Å². The van der Waals surface area contributed by atoms with Gasteiger partial charge in [0.15, 0.2) is 5.92 Å². The lowest BCUT2D eigenvalue weighted by molar-refractivity contribution is -0.291. The second-order valence-corrected chi connectivity index (χ2v) is 5.08. The van der Waals surface area contributed by atoms with Crippen LogP contribution < -0.4 is 5.32 Å². The number of nitrogens with zero attached hydrogens (tertiary/aromatic N) is 1. The average molecular weight is 306 g/mol. The maximum Gasteiger partial charge on any atom is 0.402 e. The number of hydrogen-bond donors (Lipinski definition) is 1. The lowest BCUT2D eigenvalue weighted by atomic mass is 9.94. The van der Waals surface area contributed by atoms with Crippen molar-refractivity contribution in [3.05, 3.63) is 16.1 Å². The second-order valence-electron chi connectivity index (χ2n) is 4.02. The molecule has 0 saturated heterocycles. The van der Waals surface area contributed by atoms with E-state index in [9.17, 15) is 26.3 Å². The summed E-state index contributed by atoms with van der Waals surface area (Å²) in [7, 11) is 1.08. The number of hydrogen-bond acceptors (Lipinski definition) is 3. The molecule has 0 aliphatic carbocycles. The molecular weight excluding hydrogens is 294 g/mol. The zero-order valence-corrected chi connectivity index (χ0v) is 10.9. The zero-order chi connectivity index (χ0) is 14.8. The SMILES string of the molecule is CNC(Cc1csc(C)n1)C(C(F)(F)F)C(F)(F)F. The Morgan fingerprint density at radius 3 is 2.05 bits per heavy atom. The van der Waals surface area contributed by atoms with E-state index in [0.717, 1.165) is 7.05 Å². The molecule has 0 aromatic carbocycles. The third kappa shape index (κ3) is 4.34. The van der Waals surface area contributed by atoms with Crippen LogP contribution in [-0.2, 0) is 6.42 Å². The molecule has 0 bridgehead atoms. The van der Waals surface area contributed by atoms with Gasteiger partial charge in [-0.15, -0.1) is 11.3 Å². The number of alkyl halides is 6. The van der Waals surface area contributed by atoms with Crippen molar-refractivity contribution in [2.24, 2.45) is 5.92 Å². The number of rotatable bonds is 4. The zero-order valence-electron chi connectivity index (χ0n) is 10.1. The summed E-state index contributed by atoms with van der Waals surface area (Å²) in [6, 6.07) is -1.79. The van der Waals surface area contributed by atoms with E-state index in [1.54, 1.807) is 6.92 Å². The fraction of sp³-hybridized carbons (Fsp3) is 0.700. The Bertz CT molecular complexity index is 397. The lowest BCUT2D eigenvalue weighted by Gasteiger charge is -2.30. The molecule has 0 aliphatic heterocycles. The molecule has 110 valence electrons. The maximum absolute atomic E-state index is 12.6. The highest BCUT2D eigenvalue weighted by Crippen LogP contribution is 2.42. The van der Waals surface area contributed by atoms with Crippen molar-refractivity contribution in [3.8, 4) is 0 Å². The molecule has 1 heterocycles. The Morgan fingerprint density at radius 1 is 1.21 bits per heavy atom. The molecule has 0 fully saturated rings. The molecule has 1 aromatic heterocycles. The predicted molar refractivity (Wildman–Crippen MR) is 59.0 cm³/mol. The van der Waals surface area contributed by atoms with Crippen LogP contribution in [0.3, 0.4) is 0 Å². The molecule has 0 aliphatic rings. The largest absolute Gasteiger partial charge is 0.402 e. The third-order valence-corrected chi connectivity index (χ3v) is 3.40. The first-order chi connectivity index (χ1) is 8.55. The van der Waals surface area contributed by atoms with Crippen LogP contribution in [0.4, 0.5) is 26.3 Å². The Labute approximate surface area is 109 Å². The van der Waals surface area contributed by atoms with Gasteiger partial charge in [-0.05, 0) is 14.0 Å². The highest BCUT2D eigenvalue weighted by molar-refractivity contribution is 7.09. The Hall–Kier alpha value is -0.830. The van der Waals surface area contributed by atoms with Crippen molar-refractivity contribution >= 4 is 11.3 Å². The minimum Gasteiger partial charge on any atom is -0.316 e. The molecule has 19 heavy (non-hydrogen) atoms. The van der Waals surface area contributed by atoms with Crippen LogP contribution in [0.5, 0.6) is 0 Å². The van der Waals surface area contributed by atoms with Gasteiger partial charge in [-0.3, -0.25) is 0 Å². The highest BCUT2D eigenvalue weighted by Gasteiger charge is 2.59. The van der Waals surface area contributed by atoms with Gasteiger partial charge in [0.05, 0.1) is 10.7 Å². The van der Waals surface area contributed by atoms with Gasteiger partial charge in [-0.25, -0.2) is 4.98 Å². The summed E-state index contributed by atoms with van der Waals surface area (Å²) in [4.78, 5) is 3.89. The van der Waals surface area contributed by atoms with Crippen molar-refractivity contribution in [3.63, 3.8) is 0 Å². The molecule has 0 amide bonds. The summed E-state index contributed by atoms with van der Waals surface area (Å²) in [6.45, 7) is 1.63. The Balaban J connectivity index is 2.97. The summed E-state index contributed by atoms with van der Waals surface area (Å²) >= 11 is 1.18. The smallest absolute Gasteiger partial charge is 0.316 e. The second kappa shape index (κ2) is 5.66. The van der Waals surface area contributed by atoms with Crippen LogP contribution in [0.1, 0.15) is 10.7 Å². The maximum atomic E-state index is 12.6. The Kier molecular flexibility index (Phi) is 4.83. The van der Waals surface area contributed by atoms with Gasteiger partial charge < -0.3 is 5.32 Å². The number of likely N-dealkylation sites (N-methyl/N-ethyl adjacent to an activating group) is 1. The topological polar surface area (TPSA) is 24.9 Å². The first-order valence-electron chi connectivity index (χ1n) is 5.27. The number of halogens is 6. The molecule has 0 radical (unpaired) electrons. The quantitative estimate of drug-likeness (QED) is 0.863. The van der Waals surface area contributed by atoms with Crippen LogP contribution in [0.2, 0.25) is 0 Å². The summed E-state index contributed by atoms with van der Waals surface area (Å²) < 4.78 is 75.5. The van der Waals surface area contributed by atoms with Gasteiger partial charge in [-0.1, -0.05) is 0 Å². The minimum atomic E-state index is -5.35. The van der Waals surface area contributed by atoms with E-state index < -0.39 is 30.7 Å². The van der Waals surface area contributed by atoms with E-state index in [0.29, 0.717) is 5.01 Å². The molecule has 1 N–H and O–H groups in total. The van der Waals surface area contributed by atoms with E-state index in [2.05, 4.69) is 10.3 Å². The van der Waals surface area contributed by atoms with Crippen molar-refractivity contribution in [1.29, 1.82) is 0 Å². The van der Waals surface area contributed by atoms with Gasteiger partial charge in [0.25, 0.3) is 0 Å². The van der Waals surface area contributed by atoms with E-state index in [1.807, 2.05) is 0 Å². The van der Waals surface area contributed by atoms with Gasteiger partial charge in [0.1, 0.15) is 0 Å². The fourth-order valence-electron chi connectivity index (χ4n) is 1.76. The number of aromatic nitrogens is 1. The van der Waals surface area contributed by atoms with Crippen LogP contribution in [0.15, 0.2) is 5.38 Å². The predicted octanol–water partition coefficient (Wildman–Crippen LogP) is 3.32. The minimum absolute atomic E-state index is 0.223. The van der Waals surface area contributed by atoms with Crippen LogP contribution >= 0.6 is 11.3 Å². The van der Waals surface area contributed by atoms with E-state index in [-0.39, 0.29) is 5.69 Å². The molecular formula is C10H12F6N2S. The molecule has 0 spiro atoms. The summed E-state index contributed by atoms with van der Waals surface area (Å²) in [6.07, 6.45) is -11.1. The van der Waals surface area contributed by atoms with Crippen LogP contribution in [0.25, 0.3) is 0 Å². The standard InChI is InChI=1S/C10H12F6N2S/c1-5-18-6(4-19-5)3-7(17-2)8(9(11,12)13)10(14,15)16/h4,7-8,17H,3H2,1-2H3. The first kappa shape index (κ1) is 16.2. The first-order valence-corrected chi connectivity index (χ1v) is 6.15. The lowest BCUT2D eigenvalue weighted by Crippen LogP contribution is -2.51. The fourth-order valence-corrected chi connectivity index (χ4v) is 2.38. The molecule has 0 saturated carbocycles. The number of nitrogens with one attached hydrogen (secondary N) is 1. The van der Waals surface area contributed by atoms with Gasteiger partial charge in [-0.2, -0.15) is 26.3 Å². The molecule has 1 atom stereocenters. The van der Waals surface area contributed by atoms with Crippen molar-refractivity contribution in [1.82, 2.24) is 10.3 Å². The Morgan fingerprint density at radius 2 is 1.74 bits per heavy atom. The third-order valence-electron chi connectivity index (χ3n) is 2.57. The molecule has 1 unspecified atom stereocenters. The highest BCUT2D eigenvalue weighted by atomic mass is 32.1. The van der Waals surface area contributed by atoms with Crippen LogP contribution in [-0.4, -0.2) is 30.4 Å². The van der Waals surface area contributed by atoms with Crippen molar-refractivity contribution < 1.29 is 26.3 Å².